The van der Waals surface area contributed by atoms with Gasteiger partial charge in [0, 0.05) is 0 Å². The van der Waals surface area contributed by atoms with Crippen molar-refractivity contribution in [3.05, 3.63) is 29.8 Å². The van der Waals surface area contributed by atoms with Gasteiger partial charge in [-0.15, -0.1) is 0 Å². The molecule has 22 heavy (non-hydrogen) atoms. The molecule has 0 aliphatic carbocycles. The molecule has 0 saturated heterocycles. The molecular formula is C18H28O4. The summed E-state index contributed by atoms with van der Waals surface area (Å²) in [6.45, 7) is 6.62. The molecular weight excluding hydrogens is 280 g/mol. The first-order valence-electron chi connectivity index (χ1n) is 7.95. The van der Waals surface area contributed by atoms with E-state index in [2.05, 4.69) is 13.8 Å². The Hall–Kier alpha value is -1.55. The van der Waals surface area contributed by atoms with Crippen molar-refractivity contribution in [2.75, 3.05) is 7.11 Å². The molecule has 0 amide bonds. The normalized spacial score (nSPS) is 13.9. The zero-order valence-corrected chi connectivity index (χ0v) is 14.0. The fraction of sp³-hybridized carbons (Fsp3) is 0.611. The van der Waals surface area contributed by atoms with Gasteiger partial charge in [-0.05, 0) is 36.5 Å². The first kappa shape index (κ1) is 18.5. The van der Waals surface area contributed by atoms with Gasteiger partial charge in [-0.2, -0.15) is 0 Å². The first-order chi connectivity index (χ1) is 10.5. The largest absolute Gasteiger partial charge is 0.497 e. The number of carbonyl (C=O) groups is 1. The van der Waals surface area contributed by atoms with Gasteiger partial charge in [-0.1, -0.05) is 39.3 Å². The number of methoxy groups -OCH3 is 1. The van der Waals surface area contributed by atoms with Crippen LogP contribution in [0.2, 0.25) is 0 Å². The molecule has 1 rings (SSSR count). The Bertz CT molecular complexity index is 439. The van der Waals surface area contributed by atoms with Gasteiger partial charge >= 0.3 is 5.97 Å². The van der Waals surface area contributed by atoms with Gasteiger partial charge in [0.1, 0.15) is 5.75 Å². The lowest BCUT2D eigenvalue weighted by Crippen LogP contribution is -2.30. The van der Waals surface area contributed by atoms with Crippen molar-refractivity contribution >= 4 is 5.97 Å². The van der Waals surface area contributed by atoms with Crippen LogP contribution in [0.15, 0.2) is 24.3 Å². The summed E-state index contributed by atoms with van der Waals surface area (Å²) < 4.78 is 11.0. The molecule has 4 heteroatoms. The number of benzene rings is 1. The molecule has 1 N–H and O–H groups in total. The third kappa shape index (κ3) is 6.06. The minimum Gasteiger partial charge on any atom is -0.497 e. The zero-order chi connectivity index (χ0) is 16.5. The van der Waals surface area contributed by atoms with Crippen molar-refractivity contribution in [2.24, 2.45) is 11.8 Å². The van der Waals surface area contributed by atoms with E-state index in [4.69, 9.17) is 9.47 Å². The highest BCUT2D eigenvalue weighted by Crippen LogP contribution is 2.22. The highest BCUT2D eigenvalue weighted by molar-refractivity contribution is 5.70. The summed E-state index contributed by atoms with van der Waals surface area (Å²) in [5, 5.41) is 9.46. The van der Waals surface area contributed by atoms with E-state index in [0.717, 1.165) is 17.7 Å². The minimum atomic E-state index is -0.762. The maximum absolute atomic E-state index is 11.5. The number of hydrogen-bond donors (Lipinski definition) is 1. The summed E-state index contributed by atoms with van der Waals surface area (Å²) in [6.07, 6.45) is 2.01. The molecule has 0 radical (unpaired) electrons. The van der Waals surface area contributed by atoms with E-state index >= 15 is 0 Å². The van der Waals surface area contributed by atoms with E-state index in [1.807, 2.05) is 31.2 Å². The van der Waals surface area contributed by atoms with E-state index in [1.54, 1.807) is 7.11 Å². The van der Waals surface area contributed by atoms with Crippen molar-refractivity contribution in [1.82, 2.24) is 0 Å². The van der Waals surface area contributed by atoms with Crippen LogP contribution in [-0.4, -0.2) is 24.3 Å². The molecule has 0 unspecified atom stereocenters. The molecule has 0 saturated carbocycles. The van der Waals surface area contributed by atoms with Crippen molar-refractivity contribution < 1.29 is 19.4 Å². The fourth-order valence-electron chi connectivity index (χ4n) is 2.42. The van der Waals surface area contributed by atoms with Crippen molar-refractivity contribution in [3.8, 4) is 5.75 Å². The van der Waals surface area contributed by atoms with Crippen LogP contribution in [0.5, 0.6) is 5.75 Å². The number of carboxylic acid groups (broad SMARTS) is 1. The number of carboxylic acids is 1. The van der Waals surface area contributed by atoms with Gasteiger partial charge < -0.3 is 14.6 Å². The molecule has 0 heterocycles. The number of aliphatic carboxylic acids is 1. The Labute approximate surface area is 133 Å². The van der Waals surface area contributed by atoms with Crippen LogP contribution >= 0.6 is 0 Å². The van der Waals surface area contributed by atoms with Gasteiger partial charge in [0.15, 0.2) is 0 Å². The average molecular weight is 308 g/mol. The second kappa shape index (κ2) is 9.46. The Morgan fingerprint density at radius 2 is 1.82 bits per heavy atom. The zero-order valence-electron chi connectivity index (χ0n) is 14.0. The number of rotatable bonds is 10. The highest BCUT2D eigenvalue weighted by Gasteiger charge is 2.27. The molecule has 1 aromatic carbocycles. The molecule has 0 aromatic heterocycles. The van der Waals surface area contributed by atoms with E-state index < -0.39 is 11.9 Å². The lowest BCUT2D eigenvalue weighted by atomic mass is 9.92. The van der Waals surface area contributed by atoms with Gasteiger partial charge in [0.25, 0.3) is 0 Å². The summed E-state index contributed by atoms with van der Waals surface area (Å²) in [4.78, 5) is 11.5. The van der Waals surface area contributed by atoms with E-state index in [9.17, 15) is 9.90 Å². The van der Waals surface area contributed by atoms with Crippen molar-refractivity contribution in [3.63, 3.8) is 0 Å². The van der Waals surface area contributed by atoms with Crippen molar-refractivity contribution in [2.45, 2.75) is 52.7 Å². The SMILES string of the molecule is CC[C@H](OCc1ccc(OC)cc1)[C@H](CCC(C)C)C(=O)O. The Kier molecular flexibility index (Phi) is 7.96. The smallest absolute Gasteiger partial charge is 0.309 e. The van der Waals surface area contributed by atoms with Crippen LogP contribution in [0, 0.1) is 11.8 Å². The fourth-order valence-corrected chi connectivity index (χ4v) is 2.42. The Balaban J connectivity index is 2.61. The van der Waals surface area contributed by atoms with Gasteiger partial charge in [-0.3, -0.25) is 4.79 Å². The summed E-state index contributed by atoms with van der Waals surface area (Å²) in [7, 11) is 1.63. The second-order valence-electron chi connectivity index (χ2n) is 6.02. The first-order valence-corrected chi connectivity index (χ1v) is 7.95. The molecule has 0 fully saturated rings. The van der Waals surface area contributed by atoms with Crippen LogP contribution < -0.4 is 4.74 Å². The third-order valence-electron chi connectivity index (χ3n) is 3.85. The monoisotopic (exact) mass is 308 g/mol. The van der Waals surface area contributed by atoms with Gasteiger partial charge in [0.05, 0.1) is 25.7 Å². The molecule has 0 spiro atoms. The lowest BCUT2D eigenvalue weighted by molar-refractivity contribution is -0.148. The number of hydrogen-bond acceptors (Lipinski definition) is 3. The summed E-state index contributed by atoms with van der Waals surface area (Å²) in [6, 6.07) is 7.64. The maximum Gasteiger partial charge on any atom is 0.309 e. The van der Waals surface area contributed by atoms with E-state index in [-0.39, 0.29) is 6.10 Å². The van der Waals surface area contributed by atoms with Crippen molar-refractivity contribution in [1.29, 1.82) is 0 Å². The van der Waals surface area contributed by atoms with Crippen LogP contribution in [-0.2, 0) is 16.1 Å². The summed E-state index contributed by atoms with van der Waals surface area (Å²) in [5.41, 5.74) is 1.02. The third-order valence-corrected chi connectivity index (χ3v) is 3.85. The molecule has 124 valence electrons. The highest BCUT2D eigenvalue weighted by atomic mass is 16.5. The topological polar surface area (TPSA) is 55.8 Å². The van der Waals surface area contributed by atoms with E-state index in [1.165, 1.54) is 0 Å². The Morgan fingerprint density at radius 3 is 2.27 bits per heavy atom. The summed E-state index contributed by atoms with van der Waals surface area (Å²) >= 11 is 0. The van der Waals surface area contributed by atoms with Crippen LogP contribution in [0.1, 0.15) is 45.6 Å². The minimum absolute atomic E-state index is 0.252. The predicted octanol–water partition coefficient (Wildman–Crippen LogP) is 4.13. The van der Waals surface area contributed by atoms with Gasteiger partial charge in [0.2, 0.25) is 0 Å². The molecule has 1 aromatic rings. The van der Waals surface area contributed by atoms with E-state index in [0.29, 0.717) is 25.4 Å². The quantitative estimate of drug-likeness (QED) is 0.706. The standard InChI is InChI=1S/C18H28O4/c1-5-17(16(18(19)20)11-6-13(2)3)22-12-14-7-9-15(21-4)10-8-14/h7-10,13,16-17H,5-6,11-12H2,1-4H3,(H,19,20)/t16-,17-/m0/s1. The lowest BCUT2D eigenvalue weighted by Gasteiger charge is -2.24. The van der Waals surface area contributed by atoms with Crippen LogP contribution in [0.4, 0.5) is 0 Å². The molecule has 4 nitrogen and oxygen atoms in total. The predicted molar refractivity (Wildman–Crippen MR) is 87.1 cm³/mol. The van der Waals surface area contributed by atoms with Crippen LogP contribution in [0.3, 0.4) is 0 Å². The molecule has 0 aliphatic rings. The average Bonchev–Trinajstić information content (AvgIpc) is 2.50. The number of ether oxygens (including phenoxy) is 2. The molecule has 0 aliphatic heterocycles. The molecule has 2 atom stereocenters. The van der Waals surface area contributed by atoms with Crippen LogP contribution in [0.25, 0.3) is 0 Å². The maximum atomic E-state index is 11.5. The molecule has 0 bridgehead atoms. The second-order valence-corrected chi connectivity index (χ2v) is 6.02. The van der Waals surface area contributed by atoms with Gasteiger partial charge in [-0.25, -0.2) is 0 Å². The summed E-state index contributed by atoms with van der Waals surface area (Å²) in [5.74, 6) is 0.102. The Morgan fingerprint density at radius 1 is 1.18 bits per heavy atom.